The molecule has 0 radical (unpaired) electrons. The lowest BCUT2D eigenvalue weighted by Gasteiger charge is -2.09. The van der Waals surface area contributed by atoms with Gasteiger partial charge in [0.25, 0.3) is 0 Å². The summed E-state index contributed by atoms with van der Waals surface area (Å²) in [5.41, 5.74) is 2.87. The molecule has 2 aromatic carbocycles. The number of hydrogen-bond acceptors (Lipinski definition) is 4. The van der Waals surface area contributed by atoms with E-state index < -0.39 is 0 Å². The van der Waals surface area contributed by atoms with Crippen LogP contribution in [0.4, 0.5) is 16.4 Å². The fraction of sp³-hybridized carbons (Fsp3) is 0.190. The van der Waals surface area contributed by atoms with E-state index in [0.717, 1.165) is 16.8 Å². The first-order valence-corrected chi connectivity index (χ1v) is 8.98. The van der Waals surface area contributed by atoms with E-state index in [4.69, 9.17) is 0 Å². The standard InChI is InChI=1S/C19H19N5O.C2H6/c25-19(23-14-15-5-2-1-3-6-15)24-17-9-7-16(8-10-17)13-22-18-20-11-4-12-21-18;1-2/h1-12H,13-14H2,(H,20,21,22)(H2,23,24,25);1-2H3. The van der Waals surface area contributed by atoms with Gasteiger partial charge >= 0.3 is 6.03 Å². The minimum absolute atomic E-state index is 0.229. The highest BCUT2D eigenvalue weighted by Gasteiger charge is 2.02. The molecule has 0 bridgehead atoms. The SMILES string of the molecule is CC.O=C(NCc1ccccc1)Nc1ccc(CNc2ncccn2)cc1. The van der Waals surface area contributed by atoms with Crippen LogP contribution in [0, 0.1) is 0 Å². The Balaban J connectivity index is 0.00000126. The van der Waals surface area contributed by atoms with Crippen LogP contribution in [0.1, 0.15) is 25.0 Å². The van der Waals surface area contributed by atoms with Gasteiger partial charge in [0.15, 0.2) is 0 Å². The number of urea groups is 1. The second-order valence-electron chi connectivity index (χ2n) is 5.42. The van der Waals surface area contributed by atoms with E-state index in [1.807, 2.05) is 68.4 Å². The lowest BCUT2D eigenvalue weighted by Crippen LogP contribution is -2.28. The normalized spacial score (nSPS) is 9.56. The van der Waals surface area contributed by atoms with Crippen molar-refractivity contribution in [1.82, 2.24) is 15.3 Å². The second-order valence-corrected chi connectivity index (χ2v) is 5.42. The van der Waals surface area contributed by atoms with Gasteiger partial charge < -0.3 is 16.0 Å². The van der Waals surface area contributed by atoms with Crippen LogP contribution in [0.15, 0.2) is 73.1 Å². The lowest BCUT2D eigenvalue weighted by molar-refractivity contribution is 0.251. The Bertz CT molecular complexity index is 792. The van der Waals surface area contributed by atoms with E-state index >= 15 is 0 Å². The summed E-state index contributed by atoms with van der Waals surface area (Å²) in [6.07, 6.45) is 3.38. The third-order valence-electron chi connectivity index (χ3n) is 3.52. The van der Waals surface area contributed by atoms with Crippen LogP contribution in [0.25, 0.3) is 0 Å². The van der Waals surface area contributed by atoms with Gasteiger partial charge in [0.2, 0.25) is 5.95 Å². The van der Waals surface area contributed by atoms with Crippen molar-refractivity contribution in [3.05, 3.63) is 84.2 Å². The number of carbonyl (C=O) groups is 1. The summed E-state index contributed by atoms with van der Waals surface area (Å²) >= 11 is 0. The predicted octanol–water partition coefficient (Wildman–Crippen LogP) is 4.44. The first-order valence-electron chi connectivity index (χ1n) is 8.98. The Morgan fingerprint density at radius 1 is 0.815 bits per heavy atom. The van der Waals surface area contributed by atoms with Crippen molar-refractivity contribution in [2.45, 2.75) is 26.9 Å². The number of nitrogens with one attached hydrogen (secondary N) is 3. The molecule has 0 aliphatic heterocycles. The molecule has 0 aliphatic rings. The Kier molecular flexibility index (Phi) is 8.30. The van der Waals surface area contributed by atoms with Crippen LogP contribution >= 0.6 is 0 Å². The van der Waals surface area contributed by atoms with Crippen LogP contribution < -0.4 is 16.0 Å². The van der Waals surface area contributed by atoms with Gasteiger partial charge in [-0.25, -0.2) is 14.8 Å². The minimum atomic E-state index is -0.229. The molecule has 0 spiro atoms. The van der Waals surface area contributed by atoms with Crippen molar-refractivity contribution in [3.63, 3.8) is 0 Å². The molecule has 140 valence electrons. The van der Waals surface area contributed by atoms with Crippen molar-refractivity contribution >= 4 is 17.7 Å². The minimum Gasteiger partial charge on any atom is -0.350 e. The van der Waals surface area contributed by atoms with Gasteiger partial charge in [-0.2, -0.15) is 0 Å². The average Bonchev–Trinajstić information content (AvgIpc) is 2.75. The number of nitrogens with zero attached hydrogens (tertiary/aromatic N) is 2. The molecule has 0 saturated carbocycles. The molecule has 0 aliphatic carbocycles. The molecule has 6 nitrogen and oxygen atoms in total. The third-order valence-corrected chi connectivity index (χ3v) is 3.52. The lowest BCUT2D eigenvalue weighted by atomic mass is 10.2. The quantitative estimate of drug-likeness (QED) is 0.605. The average molecular weight is 363 g/mol. The highest BCUT2D eigenvalue weighted by Crippen LogP contribution is 2.10. The molecule has 6 heteroatoms. The summed E-state index contributed by atoms with van der Waals surface area (Å²) in [4.78, 5) is 20.1. The zero-order valence-electron chi connectivity index (χ0n) is 15.6. The molecule has 0 saturated heterocycles. The number of aromatic nitrogens is 2. The van der Waals surface area contributed by atoms with Gasteiger partial charge in [0.1, 0.15) is 0 Å². The number of anilines is 2. The number of amides is 2. The topological polar surface area (TPSA) is 78.9 Å². The molecule has 2 amide bonds. The van der Waals surface area contributed by atoms with Crippen molar-refractivity contribution in [2.75, 3.05) is 10.6 Å². The summed E-state index contributed by atoms with van der Waals surface area (Å²) in [5.74, 6) is 0.588. The summed E-state index contributed by atoms with van der Waals surface area (Å²) in [5, 5.41) is 8.79. The van der Waals surface area contributed by atoms with Crippen LogP contribution in [0.5, 0.6) is 0 Å². The Labute approximate surface area is 160 Å². The Morgan fingerprint density at radius 2 is 1.44 bits per heavy atom. The van der Waals surface area contributed by atoms with E-state index in [-0.39, 0.29) is 6.03 Å². The maximum Gasteiger partial charge on any atom is 0.319 e. The first kappa shape index (κ1) is 19.9. The molecule has 0 atom stereocenters. The monoisotopic (exact) mass is 363 g/mol. The molecular weight excluding hydrogens is 338 g/mol. The van der Waals surface area contributed by atoms with Crippen molar-refractivity contribution < 1.29 is 4.79 Å². The third kappa shape index (κ3) is 7.15. The summed E-state index contributed by atoms with van der Waals surface area (Å²) in [6.45, 7) is 5.11. The molecule has 0 fully saturated rings. The molecule has 1 aromatic heterocycles. The van der Waals surface area contributed by atoms with E-state index in [2.05, 4.69) is 25.9 Å². The molecule has 3 aromatic rings. The van der Waals surface area contributed by atoms with Crippen molar-refractivity contribution in [3.8, 4) is 0 Å². The van der Waals surface area contributed by atoms with Gasteiger partial charge in [-0.05, 0) is 29.3 Å². The van der Waals surface area contributed by atoms with Crippen LogP contribution in [-0.4, -0.2) is 16.0 Å². The van der Waals surface area contributed by atoms with Crippen LogP contribution in [-0.2, 0) is 13.1 Å². The molecule has 3 rings (SSSR count). The van der Waals surface area contributed by atoms with E-state index in [9.17, 15) is 4.79 Å². The highest BCUT2D eigenvalue weighted by atomic mass is 16.2. The molecule has 3 N–H and O–H groups in total. The number of hydrogen-bond donors (Lipinski definition) is 3. The first-order chi connectivity index (χ1) is 13.3. The summed E-state index contributed by atoms with van der Waals surface area (Å²) < 4.78 is 0. The van der Waals surface area contributed by atoms with Crippen LogP contribution in [0.3, 0.4) is 0 Å². The van der Waals surface area contributed by atoms with Crippen molar-refractivity contribution in [1.29, 1.82) is 0 Å². The van der Waals surface area contributed by atoms with E-state index in [1.54, 1.807) is 18.5 Å². The largest absolute Gasteiger partial charge is 0.350 e. The fourth-order valence-corrected chi connectivity index (χ4v) is 2.23. The molecule has 27 heavy (non-hydrogen) atoms. The summed E-state index contributed by atoms with van der Waals surface area (Å²) in [7, 11) is 0. The van der Waals surface area contributed by atoms with Gasteiger partial charge in [-0.15, -0.1) is 0 Å². The molecule has 0 unspecified atom stereocenters. The van der Waals surface area contributed by atoms with Crippen molar-refractivity contribution in [2.24, 2.45) is 0 Å². The maximum absolute atomic E-state index is 11.9. The summed E-state index contributed by atoms with van der Waals surface area (Å²) in [6, 6.07) is 19.0. The smallest absolute Gasteiger partial charge is 0.319 e. The van der Waals surface area contributed by atoms with Crippen LogP contribution in [0.2, 0.25) is 0 Å². The highest BCUT2D eigenvalue weighted by molar-refractivity contribution is 5.89. The van der Waals surface area contributed by atoms with Gasteiger partial charge in [0, 0.05) is 31.2 Å². The number of carbonyl (C=O) groups excluding carboxylic acids is 1. The fourth-order valence-electron chi connectivity index (χ4n) is 2.23. The predicted molar refractivity (Wildman–Crippen MR) is 109 cm³/mol. The number of benzene rings is 2. The van der Waals surface area contributed by atoms with Gasteiger partial charge in [-0.3, -0.25) is 0 Å². The second kappa shape index (κ2) is 11.3. The maximum atomic E-state index is 11.9. The number of rotatable bonds is 6. The van der Waals surface area contributed by atoms with Gasteiger partial charge in [0.05, 0.1) is 0 Å². The molecule has 1 heterocycles. The van der Waals surface area contributed by atoms with E-state index in [1.165, 1.54) is 0 Å². The zero-order valence-corrected chi connectivity index (χ0v) is 15.6. The van der Waals surface area contributed by atoms with E-state index in [0.29, 0.717) is 19.0 Å². The van der Waals surface area contributed by atoms with Gasteiger partial charge in [-0.1, -0.05) is 56.3 Å². The Hall–Kier alpha value is -3.41. The Morgan fingerprint density at radius 3 is 2.11 bits per heavy atom. The molecular formula is C21H25N5O. The zero-order chi connectivity index (χ0) is 19.3.